The van der Waals surface area contributed by atoms with E-state index >= 15 is 0 Å². The topological polar surface area (TPSA) is 56.7 Å². The maximum atomic E-state index is 13.8. The van der Waals surface area contributed by atoms with E-state index in [0.29, 0.717) is 31.0 Å². The molecule has 1 aliphatic rings. The van der Waals surface area contributed by atoms with Crippen LogP contribution in [0.1, 0.15) is 24.0 Å². The SMILES string of the molecule is CN=C(NCc1ccc(N2CCCC2=O)cc1)NCc1cc(Br)ccc1F. The zero-order valence-electron chi connectivity index (χ0n) is 15.1. The molecule has 0 atom stereocenters. The number of hydrogen-bond donors (Lipinski definition) is 2. The first-order valence-electron chi connectivity index (χ1n) is 8.84. The van der Waals surface area contributed by atoms with Gasteiger partial charge in [-0.3, -0.25) is 9.79 Å². The van der Waals surface area contributed by atoms with Gasteiger partial charge in [0.25, 0.3) is 0 Å². The molecule has 5 nitrogen and oxygen atoms in total. The lowest BCUT2D eigenvalue weighted by Gasteiger charge is -2.16. The van der Waals surface area contributed by atoms with Crippen molar-refractivity contribution in [2.45, 2.75) is 25.9 Å². The number of nitrogens with one attached hydrogen (secondary N) is 2. The fourth-order valence-electron chi connectivity index (χ4n) is 2.98. The van der Waals surface area contributed by atoms with Gasteiger partial charge < -0.3 is 15.5 Å². The quantitative estimate of drug-likeness (QED) is 0.560. The molecule has 0 radical (unpaired) electrons. The molecule has 1 fully saturated rings. The van der Waals surface area contributed by atoms with E-state index in [1.165, 1.54) is 6.07 Å². The van der Waals surface area contributed by atoms with Gasteiger partial charge in [-0.15, -0.1) is 0 Å². The van der Waals surface area contributed by atoms with Crippen molar-refractivity contribution in [3.8, 4) is 0 Å². The Labute approximate surface area is 166 Å². The van der Waals surface area contributed by atoms with Gasteiger partial charge in [-0.25, -0.2) is 4.39 Å². The Kier molecular flexibility index (Phi) is 6.45. The molecular formula is C20H22BrFN4O. The third-order valence-corrected chi connectivity index (χ3v) is 4.95. The second kappa shape index (κ2) is 8.99. The van der Waals surface area contributed by atoms with Crippen LogP contribution in [0.15, 0.2) is 51.9 Å². The van der Waals surface area contributed by atoms with Crippen LogP contribution in [0.25, 0.3) is 0 Å². The normalized spacial score (nSPS) is 14.6. The van der Waals surface area contributed by atoms with Crippen LogP contribution in [0.4, 0.5) is 10.1 Å². The highest BCUT2D eigenvalue weighted by Gasteiger charge is 2.21. The summed E-state index contributed by atoms with van der Waals surface area (Å²) in [6.45, 7) is 1.70. The Morgan fingerprint density at radius 2 is 1.93 bits per heavy atom. The monoisotopic (exact) mass is 432 g/mol. The Morgan fingerprint density at radius 1 is 1.19 bits per heavy atom. The summed E-state index contributed by atoms with van der Waals surface area (Å²) in [6, 6.07) is 12.8. The summed E-state index contributed by atoms with van der Waals surface area (Å²) in [7, 11) is 1.68. The van der Waals surface area contributed by atoms with Gasteiger partial charge >= 0.3 is 0 Å². The van der Waals surface area contributed by atoms with Gasteiger partial charge in [-0.1, -0.05) is 28.1 Å². The molecule has 2 N–H and O–H groups in total. The number of hydrogen-bond acceptors (Lipinski definition) is 2. The van der Waals surface area contributed by atoms with E-state index in [-0.39, 0.29) is 11.7 Å². The average molecular weight is 433 g/mol. The Morgan fingerprint density at radius 3 is 2.59 bits per heavy atom. The first-order chi connectivity index (χ1) is 13.1. The molecule has 1 amide bonds. The van der Waals surface area contributed by atoms with Gasteiger partial charge in [-0.05, 0) is 42.3 Å². The molecule has 3 rings (SSSR count). The zero-order chi connectivity index (χ0) is 19.2. The summed E-state index contributed by atoms with van der Waals surface area (Å²) in [5.41, 5.74) is 2.57. The van der Waals surface area contributed by atoms with E-state index in [9.17, 15) is 9.18 Å². The van der Waals surface area contributed by atoms with Crippen LogP contribution in [0.5, 0.6) is 0 Å². The minimum Gasteiger partial charge on any atom is -0.352 e. The molecule has 0 unspecified atom stereocenters. The lowest BCUT2D eigenvalue weighted by atomic mass is 10.2. The summed E-state index contributed by atoms with van der Waals surface area (Å²) in [4.78, 5) is 17.8. The molecular weight excluding hydrogens is 411 g/mol. The van der Waals surface area contributed by atoms with Crippen LogP contribution in [-0.2, 0) is 17.9 Å². The van der Waals surface area contributed by atoms with E-state index in [1.807, 2.05) is 29.2 Å². The van der Waals surface area contributed by atoms with Crippen molar-refractivity contribution in [1.29, 1.82) is 0 Å². The smallest absolute Gasteiger partial charge is 0.227 e. The van der Waals surface area contributed by atoms with E-state index < -0.39 is 0 Å². The van der Waals surface area contributed by atoms with Crippen LogP contribution in [0, 0.1) is 5.82 Å². The Balaban J connectivity index is 1.53. The second-order valence-corrected chi connectivity index (χ2v) is 7.25. The summed E-state index contributed by atoms with van der Waals surface area (Å²) < 4.78 is 14.7. The number of aliphatic imine (C=N–C) groups is 1. The van der Waals surface area contributed by atoms with Crippen LogP contribution < -0.4 is 15.5 Å². The lowest BCUT2D eigenvalue weighted by Crippen LogP contribution is -2.36. The number of carbonyl (C=O) groups excluding carboxylic acids is 1. The first-order valence-corrected chi connectivity index (χ1v) is 9.64. The van der Waals surface area contributed by atoms with E-state index in [0.717, 1.165) is 28.7 Å². The molecule has 0 aromatic heterocycles. The molecule has 1 saturated heterocycles. The van der Waals surface area contributed by atoms with Crippen molar-refractivity contribution >= 4 is 33.5 Å². The van der Waals surface area contributed by atoms with Crippen LogP contribution >= 0.6 is 15.9 Å². The number of rotatable bonds is 5. The van der Waals surface area contributed by atoms with Gasteiger partial charge in [0.2, 0.25) is 5.91 Å². The van der Waals surface area contributed by atoms with Crippen molar-refractivity contribution in [2.75, 3.05) is 18.5 Å². The van der Waals surface area contributed by atoms with Gasteiger partial charge in [-0.2, -0.15) is 0 Å². The molecule has 2 aromatic carbocycles. The molecule has 1 aliphatic heterocycles. The highest BCUT2D eigenvalue weighted by Crippen LogP contribution is 2.21. The highest BCUT2D eigenvalue weighted by molar-refractivity contribution is 9.10. The molecule has 7 heteroatoms. The number of anilines is 1. The fourth-order valence-corrected chi connectivity index (χ4v) is 3.39. The zero-order valence-corrected chi connectivity index (χ0v) is 16.7. The van der Waals surface area contributed by atoms with Crippen LogP contribution in [-0.4, -0.2) is 25.5 Å². The Hall–Kier alpha value is -2.41. The molecule has 142 valence electrons. The maximum absolute atomic E-state index is 13.8. The summed E-state index contributed by atoms with van der Waals surface area (Å²) in [6.07, 6.45) is 1.55. The fraction of sp³-hybridized carbons (Fsp3) is 0.300. The third kappa shape index (κ3) is 5.07. The second-order valence-electron chi connectivity index (χ2n) is 6.33. The predicted octanol–water partition coefficient (Wildman–Crippen LogP) is 3.58. The van der Waals surface area contributed by atoms with Gasteiger partial charge in [0.05, 0.1) is 0 Å². The summed E-state index contributed by atoms with van der Waals surface area (Å²) >= 11 is 3.35. The average Bonchev–Trinajstić information content (AvgIpc) is 3.11. The van der Waals surface area contributed by atoms with Crippen molar-refractivity contribution < 1.29 is 9.18 Å². The van der Waals surface area contributed by atoms with E-state index in [1.54, 1.807) is 19.2 Å². The van der Waals surface area contributed by atoms with E-state index in [4.69, 9.17) is 0 Å². The van der Waals surface area contributed by atoms with Crippen molar-refractivity contribution in [3.63, 3.8) is 0 Å². The molecule has 0 aliphatic carbocycles. The van der Waals surface area contributed by atoms with Crippen LogP contribution in [0.2, 0.25) is 0 Å². The van der Waals surface area contributed by atoms with E-state index in [2.05, 4.69) is 31.6 Å². The highest BCUT2D eigenvalue weighted by atomic mass is 79.9. The standard InChI is InChI=1S/C20H22BrFN4O/c1-23-20(25-13-15-11-16(21)6-9-18(15)22)24-12-14-4-7-17(8-5-14)26-10-2-3-19(26)27/h4-9,11H,2-3,10,12-13H2,1H3,(H2,23,24,25). The Bertz CT molecular complexity index is 838. The van der Waals surface area contributed by atoms with Gasteiger partial charge in [0, 0.05) is 48.8 Å². The van der Waals surface area contributed by atoms with Crippen molar-refractivity contribution in [1.82, 2.24) is 10.6 Å². The minimum absolute atomic E-state index is 0.185. The van der Waals surface area contributed by atoms with Gasteiger partial charge in [0.1, 0.15) is 5.82 Å². The summed E-state index contributed by atoms with van der Waals surface area (Å²) in [5, 5.41) is 6.32. The number of nitrogens with zero attached hydrogens (tertiary/aromatic N) is 2. The predicted molar refractivity (Wildman–Crippen MR) is 109 cm³/mol. The molecule has 0 saturated carbocycles. The van der Waals surface area contributed by atoms with Crippen molar-refractivity contribution in [3.05, 3.63) is 63.9 Å². The molecule has 1 heterocycles. The first kappa shape index (κ1) is 19.4. The molecule has 0 bridgehead atoms. The molecule has 2 aromatic rings. The number of guanidine groups is 1. The lowest BCUT2D eigenvalue weighted by molar-refractivity contribution is -0.117. The van der Waals surface area contributed by atoms with Crippen molar-refractivity contribution in [2.24, 2.45) is 4.99 Å². The number of halogens is 2. The number of carbonyl (C=O) groups is 1. The summed E-state index contributed by atoms with van der Waals surface area (Å²) in [5.74, 6) is 0.520. The maximum Gasteiger partial charge on any atom is 0.227 e. The van der Waals surface area contributed by atoms with Gasteiger partial charge in [0.15, 0.2) is 5.96 Å². The number of amides is 1. The van der Waals surface area contributed by atoms with Crippen LogP contribution in [0.3, 0.4) is 0 Å². The molecule has 0 spiro atoms. The third-order valence-electron chi connectivity index (χ3n) is 4.46. The number of benzene rings is 2. The molecule has 27 heavy (non-hydrogen) atoms. The largest absolute Gasteiger partial charge is 0.352 e. The minimum atomic E-state index is -0.256.